The van der Waals surface area contributed by atoms with E-state index in [0.29, 0.717) is 11.5 Å². The Labute approximate surface area is 142 Å². The molecule has 1 aromatic carbocycles. The van der Waals surface area contributed by atoms with Gasteiger partial charge < -0.3 is 9.64 Å². The van der Waals surface area contributed by atoms with E-state index in [9.17, 15) is 4.79 Å². The van der Waals surface area contributed by atoms with E-state index in [-0.39, 0.29) is 23.5 Å². The Morgan fingerprint density at radius 3 is 2.83 bits per heavy atom. The van der Waals surface area contributed by atoms with E-state index in [1.165, 1.54) is 0 Å². The van der Waals surface area contributed by atoms with Crippen LogP contribution in [0.4, 0.5) is 0 Å². The average Bonchev–Trinajstić information content (AvgIpc) is 3.23. The smallest absolute Gasteiger partial charge is 0.257 e. The van der Waals surface area contributed by atoms with E-state index in [4.69, 9.17) is 4.74 Å². The summed E-state index contributed by atoms with van der Waals surface area (Å²) < 4.78 is 7.59. The van der Waals surface area contributed by atoms with Gasteiger partial charge in [-0.05, 0) is 18.6 Å². The molecule has 0 bridgehead atoms. The van der Waals surface area contributed by atoms with Crippen molar-refractivity contribution >= 4 is 5.91 Å². The number of amides is 1. The van der Waals surface area contributed by atoms with Crippen LogP contribution >= 0.6 is 0 Å². The Balaban J connectivity index is 1.55. The number of rotatable bonds is 3. The molecule has 1 saturated heterocycles. The maximum absolute atomic E-state index is 12.9. The minimum atomic E-state index is 0.000993. The quantitative estimate of drug-likeness (QED) is 0.872. The molecular formula is C19H23N3O2. The first-order chi connectivity index (χ1) is 11.5. The number of aromatic nitrogens is 2. The summed E-state index contributed by atoms with van der Waals surface area (Å²) in [5.41, 5.74) is 1.58. The van der Waals surface area contributed by atoms with Crippen molar-refractivity contribution in [2.45, 2.75) is 32.4 Å². The molecule has 1 aliphatic heterocycles. The van der Waals surface area contributed by atoms with Gasteiger partial charge in [0.2, 0.25) is 0 Å². The van der Waals surface area contributed by atoms with Crippen molar-refractivity contribution in [1.82, 2.24) is 14.7 Å². The zero-order valence-corrected chi connectivity index (χ0v) is 14.3. The van der Waals surface area contributed by atoms with E-state index < -0.39 is 0 Å². The van der Waals surface area contributed by atoms with Crippen LogP contribution in [-0.2, 0) is 4.74 Å². The number of nitrogens with zero attached hydrogens (tertiary/aromatic N) is 3. The standard InChI is InChI=1S/C19H23N3O2/c1-19(2)16(15-9-10-24-17(15)19)21(3)18(23)13-11-20-22(12-13)14-7-5-4-6-8-14/h4-8,11-12,15-17H,9-10H2,1-3H3/t15-,16+,17-/m0/s1. The number of ether oxygens (including phenoxy) is 1. The average molecular weight is 325 g/mol. The number of benzene rings is 1. The summed E-state index contributed by atoms with van der Waals surface area (Å²) >= 11 is 0. The molecule has 1 aromatic heterocycles. The number of para-hydroxylation sites is 1. The van der Waals surface area contributed by atoms with Crippen molar-refractivity contribution < 1.29 is 9.53 Å². The van der Waals surface area contributed by atoms with E-state index >= 15 is 0 Å². The van der Waals surface area contributed by atoms with E-state index in [1.54, 1.807) is 10.9 Å². The van der Waals surface area contributed by atoms with Gasteiger partial charge in [0, 0.05) is 37.2 Å². The fraction of sp³-hybridized carbons (Fsp3) is 0.474. The normalized spacial score (nSPS) is 27.4. The molecule has 0 radical (unpaired) electrons. The van der Waals surface area contributed by atoms with E-state index in [0.717, 1.165) is 18.7 Å². The van der Waals surface area contributed by atoms with Crippen LogP contribution in [0.15, 0.2) is 42.7 Å². The van der Waals surface area contributed by atoms with Crippen molar-refractivity contribution in [2.24, 2.45) is 11.3 Å². The first-order valence-electron chi connectivity index (χ1n) is 8.49. The topological polar surface area (TPSA) is 47.4 Å². The van der Waals surface area contributed by atoms with Crippen LogP contribution in [0.25, 0.3) is 5.69 Å². The molecule has 0 N–H and O–H groups in total. The SMILES string of the molecule is CN(C(=O)c1cnn(-c2ccccc2)c1)[C@@H]1[C@@H]2CCO[C@@H]2C1(C)C. The highest BCUT2D eigenvalue weighted by molar-refractivity contribution is 5.94. The molecule has 1 saturated carbocycles. The van der Waals surface area contributed by atoms with Crippen molar-refractivity contribution in [1.29, 1.82) is 0 Å². The van der Waals surface area contributed by atoms with Crippen LogP contribution in [0.3, 0.4) is 0 Å². The van der Waals surface area contributed by atoms with Gasteiger partial charge in [-0.25, -0.2) is 4.68 Å². The second-order valence-corrected chi connectivity index (χ2v) is 7.44. The molecule has 3 atom stereocenters. The first-order valence-corrected chi connectivity index (χ1v) is 8.49. The van der Waals surface area contributed by atoms with Gasteiger partial charge in [-0.15, -0.1) is 0 Å². The summed E-state index contributed by atoms with van der Waals surface area (Å²) in [5, 5.41) is 4.34. The van der Waals surface area contributed by atoms with Crippen molar-refractivity contribution in [2.75, 3.05) is 13.7 Å². The van der Waals surface area contributed by atoms with Gasteiger partial charge in [-0.1, -0.05) is 32.0 Å². The highest BCUT2D eigenvalue weighted by Crippen LogP contribution is 2.54. The van der Waals surface area contributed by atoms with Gasteiger partial charge in [-0.3, -0.25) is 4.79 Å². The summed E-state index contributed by atoms with van der Waals surface area (Å²) in [6, 6.07) is 10.0. The lowest BCUT2D eigenvalue weighted by Crippen LogP contribution is -2.66. The van der Waals surface area contributed by atoms with Crippen LogP contribution < -0.4 is 0 Å². The zero-order valence-electron chi connectivity index (χ0n) is 14.3. The van der Waals surface area contributed by atoms with Crippen LogP contribution in [0.5, 0.6) is 0 Å². The third-order valence-corrected chi connectivity index (χ3v) is 5.63. The van der Waals surface area contributed by atoms with Crippen molar-refractivity contribution in [3.8, 4) is 5.69 Å². The fourth-order valence-corrected chi connectivity index (χ4v) is 4.57. The molecule has 5 heteroatoms. The van der Waals surface area contributed by atoms with E-state index in [2.05, 4.69) is 18.9 Å². The molecule has 0 spiro atoms. The second kappa shape index (κ2) is 5.45. The fourth-order valence-electron chi connectivity index (χ4n) is 4.57. The Morgan fingerprint density at radius 2 is 2.08 bits per heavy atom. The van der Waals surface area contributed by atoms with Crippen LogP contribution in [-0.4, -0.2) is 46.4 Å². The third-order valence-electron chi connectivity index (χ3n) is 5.63. The van der Waals surface area contributed by atoms with Gasteiger partial charge in [0.15, 0.2) is 0 Å². The zero-order chi connectivity index (χ0) is 16.9. The summed E-state index contributed by atoms with van der Waals surface area (Å²) in [6.45, 7) is 5.20. The predicted octanol–water partition coefficient (Wildman–Crippen LogP) is 2.76. The Morgan fingerprint density at radius 1 is 1.33 bits per heavy atom. The Hall–Kier alpha value is -2.14. The molecule has 1 aliphatic carbocycles. The lowest BCUT2D eigenvalue weighted by atomic mass is 9.56. The van der Waals surface area contributed by atoms with Crippen LogP contribution in [0.1, 0.15) is 30.6 Å². The number of fused-ring (bicyclic) bond motifs is 1. The summed E-state index contributed by atoms with van der Waals surface area (Å²) in [7, 11) is 1.91. The highest BCUT2D eigenvalue weighted by atomic mass is 16.5. The first kappa shape index (κ1) is 15.4. The molecule has 2 aromatic rings. The summed E-state index contributed by atoms with van der Waals surface area (Å²) in [5.74, 6) is 0.485. The molecule has 126 valence electrons. The predicted molar refractivity (Wildman–Crippen MR) is 91.1 cm³/mol. The van der Waals surface area contributed by atoms with Crippen LogP contribution in [0, 0.1) is 11.3 Å². The summed E-state index contributed by atoms with van der Waals surface area (Å²) in [6.07, 6.45) is 4.78. The molecule has 2 aliphatic rings. The lowest BCUT2D eigenvalue weighted by molar-refractivity contribution is -0.139. The Kier molecular flexibility index (Phi) is 3.49. The lowest BCUT2D eigenvalue weighted by Gasteiger charge is -2.57. The molecule has 0 unspecified atom stereocenters. The number of carbonyl (C=O) groups is 1. The largest absolute Gasteiger partial charge is 0.377 e. The Bertz CT molecular complexity index is 753. The summed E-state index contributed by atoms with van der Waals surface area (Å²) in [4.78, 5) is 14.8. The van der Waals surface area contributed by atoms with Crippen molar-refractivity contribution in [3.05, 3.63) is 48.3 Å². The number of hydrogen-bond acceptors (Lipinski definition) is 3. The maximum Gasteiger partial charge on any atom is 0.257 e. The molecule has 24 heavy (non-hydrogen) atoms. The molecular weight excluding hydrogens is 302 g/mol. The minimum Gasteiger partial charge on any atom is -0.377 e. The molecule has 5 nitrogen and oxygen atoms in total. The van der Waals surface area contributed by atoms with Crippen LogP contribution in [0.2, 0.25) is 0 Å². The van der Waals surface area contributed by atoms with E-state index in [1.807, 2.05) is 48.5 Å². The second-order valence-electron chi connectivity index (χ2n) is 7.44. The van der Waals surface area contributed by atoms with Gasteiger partial charge in [0.05, 0.1) is 23.6 Å². The number of hydrogen-bond donors (Lipinski definition) is 0. The van der Waals surface area contributed by atoms with Gasteiger partial charge in [0.25, 0.3) is 5.91 Å². The highest BCUT2D eigenvalue weighted by Gasteiger charge is 2.61. The van der Waals surface area contributed by atoms with Gasteiger partial charge >= 0.3 is 0 Å². The molecule has 1 amide bonds. The molecule has 2 fully saturated rings. The third kappa shape index (κ3) is 2.18. The van der Waals surface area contributed by atoms with Crippen molar-refractivity contribution in [3.63, 3.8) is 0 Å². The number of carbonyl (C=O) groups excluding carboxylic acids is 1. The monoisotopic (exact) mass is 325 g/mol. The molecule has 2 heterocycles. The van der Waals surface area contributed by atoms with Gasteiger partial charge in [0.1, 0.15) is 0 Å². The minimum absolute atomic E-state index is 0.000993. The van der Waals surface area contributed by atoms with Gasteiger partial charge in [-0.2, -0.15) is 5.10 Å². The maximum atomic E-state index is 12.9. The molecule has 4 rings (SSSR count).